The third-order valence-corrected chi connectivity index (χ3v) is 11.2. The van der Waals surface area contributed by atoms with E-state index in [4.69, 9.17) is 18.3 Å². The van der Waals surface area contributed by atoms with Crippen LogP contribution < -0.4 is 30.1 Å². The van der Waals surface area contributed by atoms with Gasteiger partial charge in [-0.3, -0.25) is 0 Å². The van der Waals surface area contributed by atoms with Gasteiger partial charge in [-0.1, -0.05) is 0 Å². The lowest BCUT2D eigenvalue weighted by Gasteiger charge is -2.37. The number of hydrogen-bond acceptors (Lipinski definition) is 6. The maximum Gasteiger partial charge on any atom is 0.367 e. The maximum absolute atomic E-state index is 6.62. The monoisotopic (exact) mass is 652 g/mol. The Bertz CT molecular complexity index is 1870. The fourth-order valence-corrected chi connectivity index (χ4v) is 8.60. The molecule has 0 radical (unpaired) electrons. The molecule has 8 rings (SSSR count). The highest BCUT2D eigenvalue weighted by atomic mass is 16.5. The summed E-state index contributed by atoms with van der Waals surface area (Å²) in [6.07, 6.45) is 9.45. The van der Waals surface area contributed by atoms with Crippen molar-refractivity contribution in [1.82, 2.24) is 9.15 Å². The molecule has 0 aliphatic carbocycles. The Labute approximate surface area is 283 Å². The van der Waals surface area contributed by atoms with Crippen LogP contribution in [0.15, 0.2) is 33.1 Å². The van der Waals surface area contributed by atoms with Gasteiger partial charge in [-0.05, 0) is 99.6 Å². The van der Waals surface area contributed by atoms with Crippen molar-refractivity contribution < 1.29 is 18.3 Å². The van der Waals surface area contributed by atoms with Gasteiger partial charge in [0.05, 0.1) is 25.3 Å². The highest BCUT2D eigenvalue weighted by Crippen LogP contribution is 2.41. The largest absolute Gasteiger partial charge is 0.404 e. The summed E-state index contributed by atoms with van der Waals surface area (Å²) in [6.45, 7) is 13.0. The van der Waals surface area contributed by atoms with E-state index >= 15 is 0 Å². The fourth-order valence-electron chi connectivity index (χ4n) is 8.60. The Kier molecular flexibility index (Phi) is 8.80. The standard InChI is InChI=1S/C40H52N4O4/c1-27-23-35(47-39-31-11-7-15-43-13-5-9-29(37(31)43)25-33(27)39)41(3)17-19-45-21-22-46-20-18-42(4)36-24-28(2)34-26-30-10-6-14-44-16-8-12-32(38(30)44)40(34)48-36/h23-26H,5-22H2,1-4H3/q+2. The molecule has 2 aromatic carbocycles. The average Bonchev–Trinajstić information content (AvgIpc) is 3.10. The van der Waals surface area contributed by atoms with Crippen molar-refractivity contribution in [1.29, 1.82) is 0 Å². The molecule has 2 aromatic heterocycles. The topological polar surface area (TPSA) is 57.2 Å². The molecular formula is C40H52N4O4+2. The molecule has 8 heteroatoms. The summed E-state index contributed by atoms with van der Waals surface area (Å²) >= 11 is 0. The Hall–Kier alpha value is -3.62. The first-order valence-electron chi connectivity index (χ1n) is 18.4. The first kappa shape index (κ1) is 31.6. The smallest absolute Gasteiger partial charge is 0.367 e. The van der Waals surface area contributed by atoms with E-state index in [0.29, 0.717) is 26.4 Å². The Morgan fingerprint density at radius 2 is 1.00 bits per heavy atom. The number of nitrogens with zero attached hydrogens (tertiary/aromatic N) is 4. The molecule has 0 spiro atoms. The minimum absolute atomic E-state index is 0.571. The molecule has 48 heavy (non-hydrogen) atoms. The van der Waals surface area contributed by atoms with E-state index in [2.05, 4.69) is 71.2 Å². The van der Waals surface area contributed by atoms with Gasteiger partial charge in [0, 0.05) is 59.5 Å². The first-order chi connectivity index (χ1) is 23.5. The molecule has 0 unspecified atom stereocenters. The van der Waals surface area contributed by atoms with Crippen LogP contribution in [0.3, 0.4) is 0 Å². The van der Waals surface area contributed by atoms with Crippen molar-refractivity contribution in [3.8, 4) is 0 Å². The minimum atomic E-state index is 0.571. The number of aryl methyl sites for hydroxylation is 6. The van der Waals surface area contributed by atoms with E-state index in [-0.39, 0.29) is 0 Å². The molecule has 0 N–H and O–H groups in total. The van der Waals surface area contributed by atoms with Gasteiger partial charge in [-0.15, -0.1) is 0 Å². The second kappa shape index (κ2) is 13.4. The van der Waals surface area contributed by atoms with Crippen molar-refractivity contribution in [2.75, 3.05) is 89.6 Å². The number of hydrogen-bond donors (Lipinski definition) is 0. The molecule has 0 bridgehead atoms. The third-order valence-electron chi connectivity index (χ3n) is 11.2. The lowest BCUT2D eigenvalue weighted by atomic mass is 9.89. The molecule has 0 atom stereocenters. The van der Waals surface area contributed by atoms with Crippen molar-refractivity contribution in [3.05, 3.63) is 68.8 Å². The number of rotatable bonds is 9. The summed E-state index contributed by atoms with van der Waals surface area (Å²) < 4.78 is 29.5. The van der Waals surface area contributed by atoms with E-state index in [1.54, 1.807) is 0 Å². The molecule has 0 saturated carbocycles. The molecule has 6 heterocycles. The van der Waals surface area contributed by atoms with Crippen LogP contribution in [0, 0.1) is 13.8 Å². The second-order valence-corrected chi connectivity index (χ2v) is 14.5. The lowest BCUT2D eigenvalue weighted by Crippen LogP contribution is -2.35. The van der Waals surface area contributed by atoms with Gasteiger partial charge in [0.25, 0.3) is 0 Å². The molecule has 4 aromatic rings. The number of likely N-dealkylation sites (N-methyl/N-ethyl adjacent to an activating group) is 2. The van der Waals surface area contributed by atoms with Gasteiger partial charge in [-0.25, -0.2) is 0 Å². The fraction of sp³-hybridized carbons (Fsp3) is 0.550. The number of fused-ring (bicyclic) bond motifs is 4. The average molecular weight is 653 g/mol. The Balaban J connectivity index is 0.871. The summed E-state index contributed by atoms with van der Waals surface area (Å²) in [5.74, 6) is 0. The molecule has 254 valence electrons. The lowest BCUT2D eigenvalue weighted by molar-refractivity contribution is 0.0477. The Morgan fingerprint density at radius 3 is 1.44 bits per heavy atom. The predicted molar refractivity (Wildman–Crippen MR) is 193 cm³/mol. The molecular weight excluding hydrogens is 600 g/mol. The van der Waals surface area contributed by atoms with Gasteiger partial charge in [0.2, 0.25) is 0 Å². The van der Waals surface area contributed by atoms with Gasteiger partial charge < -0.3 is 28.1 Å². The van der Waals surface area contributed by atoms with Crippen molar-refractivity contribution in [3.63, 3.8) is 0 Å². The maximum atomic E-state index is 6.62. The van der Waals surface area contributed by atoms with Crippen LogP contribution in [-0.4, -0.2) is 79.8 Å². The van der Waals surface area contributed by atoms with E-state index in [9.17, 15) is 0 Å². The molecule has 4 aliphatic heterocycles. The quantitative estimate of drug-likeness (QED) is 0.193. The molecule has 4 aliphatic rings. The molecule has 0 fully saturated rings. The van der Waals surface area contributed by atoms with Crippen molar-refractivity contribution in [2.24, 2.45) is 0 Å². The number of anilines is 2. The van der Waals surface area contributed by atoms with Crippen molar-refractivity contribution >= 4 is 33.3 Å². The summed E-state index contributed by atoms with van der Waals surface area (Å²) in [5, 5.41) is 2.54. The van der Waals surface area contributed by atoms with E-state index in [1.165, 1.54) is 120 Å². The second-order valence-electron chi connectivity index (χ2n) is 14.5. The predicted octanol–water partition coefficient (Wildman–Crippen LogP) is 4.73. The summed E-state index contributed by atoms with van der Waals surface area (Å²) in [6, 6.07) is 9.15. The van der Waals surface area contributed by atoms with E-state index in [1.807, 2.05) is 0 Å². The van der Waals surface area contributed by atoms with Crippen molar-refractivity contribution in [2.45, 2.75) is 65.2 Å². The number of benzene rings is 2. The third kappa shape index (κ3) is 5.85. The van der Waals surface area contributed by atoms with Crippen LogP contribution in [0.25, 0.3) is 21.9 Å². The van der Waals surface area contributed by atoms with Gasteiger partial charge in [-0.2, -0.15) is 9.15 Å². The zero-order chi connectivity index (χ0) is 32.8. The Morgan fingerprint density at radius 1 is 0.583 bits per heavy atom. The van der Waals surface area contributed by atoms with E-state index in [0.717, 1.165) is 48.2 Å². The minimum Gasteiger partial charge on any atom is -0.404 e. The first-order valence-corrected chi connectivity index (χ1v) is 18.4. The van der Waals surface area contributed by atoms with Crippen LogP contribution in [-0.2, 0) is 35.2 Å². The van der Waals surface area contributed by atoms with Crippen LogP contribution in [0.1, 0.15) is 59.1 Å². The number of ether oxygens (including phenoxy) is 2. The highest BCUT2D eigenvalue weighted by Gasteiger charge is 2.29. The highest BCUT2D eigenvalue weighted by molar-refractivity contribution is 5.91. The summed E-state index contributed by atoms with van der Waals surface area (Å²) in [5.41, 5.74) is 15.3. The van der Waals surface area contributed by atoms with Crippen LogP contribution in [0.5, 0.6) is 0 Å². The van der Waals surface area contributed by atoms with Gasteiger partial charge in [0.15, 0.2) is 13.1 Å². The molecule has 8 nitrogen and oxygen atoms in total. The molecule has 0 amide bonds. The van der Waals surface area contributed by atoms with Crippen LogP contribution in [0.2, 0.25) is 0 Å². The SMILES string of the molecule is Cc1cc(=[N+](C)CCOCCOCC[N+](C)=c2cc(C)c3cc4c5c(c3o2)CCCN5CCC4)oc2c3c4c(cc12)CCCN4CCC3. The normalized spacial score (nSPS) is 18.2. The van der Waals surface area contributed by atoms with E-state index < -0.39 is 0 Å². The van der Waals surface area contributed by atoms with Crippen LogP contribution in [0.4, 0.5) is 11.4 Å². The summed E-state index contributed by atoms with van der Waals surface area (Å²) in [7, 11) is 4.19. The zero-order valence-corrected chi connectivity index (χ0v) is 29.5. The zero-order valence-electron chi connectivity index (χ0n) is 29.5. The van der Waals surface area contributed by atoms with Gasteiger partial charge in [0.1, 0.15) is 38.5 Å². The van der Waals surface area contributed by atoms with Gasteiger partial charge >= 0.3 is 11.1 Å². The van der Waals surface area contributed by atoms with Crippen LogP contribution >= 0.6 is 0 Å². The summed E-state index contributed by atoms with van der Waals surface area (Å²) in [4.78, 5) is 5.17. The molecule has 0 saturated heterocycles.